The van der Waals surface area contributed by atoms with Crippen LogP contribution in [0.2, 0.25) is 10.0 Å². The van der Waals surface area contributed by atoms with Gasteiger partial charge in [0.05, 0.1) is 44.7 Å². The molecular weight excluding hydrogens is 527 g/mol. The summed E-state index contributed by atoms with van der Waals surface area (Å²) in [6.07, 6.45) is 1.75. The van der Waals surface area contributed by atoms with Crippen LogP contribution in [-0.2, 0) is 13.2 Å². The van der Waals surface area contributed by atoms with E-state index in [4.69, 9.17) is 38.7 Å². The number of hydrogen-bond donors (Lipinski definition) is 3. The van der Waals surface area contributed by atoms with Gasteiger partial charge in [-0.1, -0.05) is 65.7 Å². The number of thiophene rings is 1. The van der Waals surface area contributed by atoms with E-state index in [0.717, 1.165) is 38.1 Å². The topological polar surface area (TPSA) is 93.3 Å². The number of benzene rings is 2. The third-order valence-electron chi connectivity index (χ3n) is 6.16. The number of pyridine rings is 2. The number of aromatic nitrogens is 2. The van der Waals surface area contributed by atoms with Gasteiger partial charge in [-0.2, -0.15) is 0 Å². The average molecular weight is 551 g/mol. The molecule has 2 aromatic carbocycles. The lowest BCUT2D eigenvalue weighted by Gasteiger charge is -2.15. The molecule has 0 radical (unpaired) electrons. The van der Waals surface area contributed by atoms with Crippen molar-refractivity contribution in [2.45, 2.75) is 13.2 Å². The van der Waals surface area contributed by atoms with Gasteiger partial charge in [-0.15, -0.1) is 11.3 Å². The molecule has 0 unspecified atom stereocenters. The first-order valence-electron chi connectivity index (χ1n) is 11.5. The van der Waals surface area contributed by atoms with Crippen LogP contribution in [0.5, 0.6) is 5.88 Å². The van der Waals surface area contributed by atoms with Crippen molar-refractivity contribution in [1.82, 2.24) is 15.3 Å². The summed E-state index contributed by atoms with van der Waals surface area (Å²) in [7, 11) is 3.48. The van der Waals surface area contributed by atoms with Crippen molar-refractivity contribution in [3.05, 3.63) is 81.3 Å². The Morgan fingerprint density at radius 3 is 2.35 bits per heavy atom. The van der Waals surface area contributed by atoms with Crippen molar-refractivity contribution >= 4 is 50.4 Å². The van der Waals surface area contributed by atoms with Gasteiger partial charge in [0.1, 0.15) is 5.52 Å². The summed E-state index contributed by atoms with van der Waals surface area (Å²) in [5.74, 6) is 0.551. The van der Waals surface area contributed by atoms with Crippen LogP contribution < -0.4 is 15.8 Å². The second kappa shape index (κ2) is 10.7. The Labute approximate surface area is 228 Å². The van der Waals surface area contributed by atoms with Gasteiger partial charge in [-0.25, -0.2) is 4.98 Å². The number of nitrogen functional groups attached to an aromatic ring is 1. The predicted octanol–water partition coefficient (Wildman–Crippen LogP) is 6.80. The molecule has 0 spiro atoms. The maximum atomic E-state index is 9.56. The van der Waals surface area contributed by atoms with Crippen LogP contribution in [0.25, 0.3) is 43.7 Å². The van der Waals surface area contributed by atoms with Gasteiger partial charge in [0.25, 0.3) is 0 Å². The highest BCUT2D eigenvalue weighted by Gasteiger charge is 2.18. The number of nitrogens with one attached hydrogen (secondary N) is 1. The zero-order chi connectivity index (χ0) is 26.1. The first-order valence-corrected chi connectivity index (χ1v) is 13.1. The molecule has 0 aliphatic carbocycles. The van der Waals surface area contributed by atoms with Gasteiger partial charge >= 0.3 is 0 Å². The third kappa shape index (κ3) is 4.65. The summed E-state index contributed by atoms with van der Waals surface area (Å²) in [5, 5.41) is 13.8. The van der Waals surface area contributed by atoms with Gasteiger partial charge in [0, 0.05) is 46.1 Å². The molecule has 0 atom stereocenters. The molecule has 0 fully saturated rings. The molecule has 188 valence electrons. The lowest BCUT2D eigenvalue weighted by atomic mass is 9.97. The smallest absolute Gasteiger partial charge is 0.218 e. The third-order valence-corrected chi connectivity index (χ3v) is 8.10. The van der Waals surface area contributed by atoms with Crippen LogP contribution in [0.4, 0.5) is 5.69 Å². The lowest BCUT2D eigenvalue weighted by molar-refractivity contribution is 0.286. The van der Waals surface area contributed by atoms with Crippen molar-refractivity contribution in [2.24, 2.45) is 0 Å². The number of anilines is 1. The number of methoxy groups -OCH3 is 1. The molecule has 0 bridgehead atoms. The molecule has 0 saturated heterocycles. The molecule has 4 N–H and O–H groups in total. The summed E-state index contributed by atoms with van der Waals surface area (Å²) in [6.45, 7) is 0.527. The molecule has 5 aromatic rings. The quantitative estimate of drug-likeness (QED) is 0.206. The summed E-state index contributed by atoms with van der Waals surface area (Å²) >= 11 is 15.4. The monoisotopic (exact) mass is 550 g/mol. The first-order chi connectivity index (χ1) is 18.0. The van der Waals surface area contributed by atoms with E-state index in [2.05, 4.69) is 10.3 Å². The van der Waals surface area contributed by atoms with Crippen LogP contribution in [0.3, 0.4) is 0 Å². The first kappa shape index (κ1) is 25.4. The Bertz CT molecular complexity index is 1620. The van der Waals surface area contributed by atoms with Crippen LogP contribution in [-0.4, -0.2) is 29.2 Å². The molecule has 0 aliphatic rings. The molecule has 0 aliphatic heterocycles. The summed E-state index contributed by atoms with van der Waals surface area (Å²) in [5.41, 5.74) is 13.0. The van der Waals surface area contributed by atoms with E-state index in [1.807, 2.05) is 61.6 Å². The SMILES string of the molecule is CNCc1ccc(-c2cccc(-c3cccc(-c4cnc5c(N)c(CO)sc5c4)c3Cl)c2Cl)nc1OC. The van der Waals surface area contributed by atoms with E-state index in [-0.39, 0.29) is 6.61 Å². The van der Waals surface area contributed by atoms with Crippen molar-refractivity contribution < 1.29 is 9.84 Å². The Kier molecular flexibility index (Phi) is 7.33. The van der Waals surface area contributed by atoms with Crippen molar-refractivity contribution in [1.29, 1.82) is 0 Å². The average Bonchev–Trinajstić information content (AvgIpc) is 3.24. The van der Waals surface area contributed by atoms with E-state index < -0.39 is 0 Å². The highest BCUT2D eigenvalue weighted by atomic mass is 35.5. The second-order valence-corrected chi connectivity index (χ2v) is 10.3. The fourth-order valence-corrected chi connectivity index (χ4v) is 5.97. The predicted molar refractivity (Wildman–Crippen MR) is 153 cm³/mol. The number of fused-ring (bicyclic) bond motifs is 1. The molecule has 5 rings (SSSR count). The van der Waals surface area contributed by atoms with Crippen LogP contribution >= 0.6 is 34.5 Å². The van der Waals surface area contributed by atoms with Crippen LogP contribution in [0.1, 0.15) is 10.4 Å². The minimum absolute atomic E-state index is 0.119. The zero-order valence-electron chi connectivity index (χ0n) is 20.2. The molecule has 0 saturated carbocycles. The fourth-order valence-electron chi connectivity index (χ4n) is 4.33. The Balaban J connectivity index is 1.59. The molecule has 3 aromatic heterocycles. The maximum absolute atomic E-state index is 9.56. The summed E-state index contributed by atoms with van der Waals surface area (Å²) in [6, 6.07) is 17.6. The largest absolute Gasteiger partial charge is 0.481 e. The van der Waals surface area contributed by atoms with Crippen molar-refractivity contribution in [3.63, 3.8) is 0 Å². The maximum Gasteiger partial charge on any atom is 0.218 e. The molecule has 0 amide bonds. The molecule has 3 heterocycles. The van der Waals surface area contributed by atoms with E-state index in [1.54, 1.807) is 13.3 Å². The number of rotatable bonds is 7. The molecule has 6 nitrogen and oxygen atoms in total. The lowest BCUT2D eigenvalue weighted by Crippen LogP contribution is -2.07. The summed E-state index contributed by atoms with van der Waals surface area (Å²) in [4.78, 5) is 9.94. The van der Waals surface area contributed by atoms with Gasteiger partial charge in [0.2, 0.25) is 5.88 Å². The number of nitrogens with two attached hydrogens (primary N) is 1. The summed E-state index contributed by atoms with van der Waals surface area (Å²) < 4.78 is 6.39. The Hall–Kier alpha value is -3.20. The zero-order valence-corrected chi connectivity index (χ0v) is 22.5. The normalized spacial score (nSPS) is 11.3. The van der Waals surface area contributed by atoms with Gasteiger partial charge in [-0.3, -0.25) is 4.98 Å². The molecular formula is C28H24Cl2N4O2S. The highest BCUT2D eigenvalue weighted by Crippen LogP contribution is 2.43. The number of nitrogens with zero attached hydrogens (tertiary/aromatic N) is 2. The van der Waals surface area contributed by atoms with Crippen molar-refractivity contribution in [2.75, 3.05) is 19.9 Å². The van der Waals surface area contributed by atoms with Gasteiger partial charge in [-0.05, 0) is 19.2 Å². The standard InChI is InChI=1S/C28H24Cl2N4O2S/c1-32-12-15-9-10-21(34-28(15)36-2)20-8-4-7-19(25(20)30)18-6-3-5-17(24(18)29)16-11-22-27(33-13-16)26(31)23(14-35)37-22/h3-11,13,32,35H,12,14,31H2,1-2H3. The number of hydrogen-bond acceptors (Lipinski definition) is 7. The van der Waals surface area contributed by atoms with Crippen LogP contribution in [0, 0.1) is 0 Å². The van der Waals surface area contributed by atoms with Gasteiger partial charge in [0.15, 0.2) is 0 Å². The van der Waals surface area contributed by atoms with E-state index in [1.165, 1.54) is 11.3 Å². The van der Waals surface area contributed by atoms with E-state index in [0.29, 0.717) is 44.2 Å². The molecule has 37 heavy (non-hydrogen) atoms. The highest BCUT2D eigenvalue weighted by molar-refractivity contribution is 7.19. The second-order valence-electron chi connectivity index (χ2n) is 8.40. The fraction of sp³-hybridized carbons (Fsp3) is 0.143. The Morgan fingerprint density at radius 1 is 1.00 bits per heavy atom. The van der Waals surface area contributed by atoms with Crippen molar-refractivity contribution in [3.8, 4) is 39.4 Å². The number of aliphatic hydroxyl groups excluding tert-OH is 1. The minimum Gasteiger partial charge on any atom is -0.481 e. The van der Waals surface area contributed by atoms with E-state index in [9.17, 15) is 5.11 Å². The number of aliphatic hydroxyl groups is 1. The Morgan fingerprint density at radius 2 is 1.68 bits per heavy atom. The number of halogens is 2. The number of ether oxygens (including phenoxy) is 1. The minimum atomic E-state index is -0.119. The van der Waals surface area contributed by atoms with Gasteiger partial charge < -0.3 is 20.9 Å². The van der Waals surface area contributed by atoms with Crippen LogP contribution in [0.15, 0.2) is 60.8 Å². The molecule has 9 heteroatoms. The van der Waals surface area contributed by atoms with E-state index >= 15 is 0 Å².